The van der Waals surface area contributed by atoms with Crippen molar-refractivity contribution >= 4 is 7.82 Å². The molecule has 0 saturated carbocycles. The molecule has 1 unspecified atom stereocenters. The number of phosphoric ester groups is 1. The third-order valence-corrected chi connectivity index (χ3v) is 9.21. The van der Waals surface area contributed by atoms with Crippen molar-refractivity contribution in [1.29, 1.82) is 0 Å². The normalized spacial score (nSPS) is 17.2. The fourth-order valence-corrected chi connectivity index (χ4v) is 6.25. The van der Waals surface area contributed by atoms with E-state index >= 15 is 0 Å². The Morgan fingerprint density at radius 1 is 0.632 bits per heavy atom. The first-order chi connectivity index (χ1) is 18.5. The van der Waals surface area contributed by atoms with Crippen molar-refractivity contribution in [2.24, 2.45) is 0 Å². The Labute approximate surface area is 237 Å². The zero-order chi connectivity index (χ0) is 27.6. The van der Waals surface area contributed by atoms with Gasteiger partial charge in [-0.1, -0.05) is 115 Å². The molecule has 0 radical (unpaired) electrons. The number of unbranched alkanes of at least 4 members (excludes halogenated alkanes) is 18. The number of quaternary nitrogens is 1. The first-order valence-electron chi connectivity index (χ1n) is 16.6. The van der Waals surface area contributed by atoms with Crippen LogP contribution in [-0.4, -0.2) is 49.3 Å². The maximum absolute atomic E-state index is 12.1. The lowest BCUT2D eigenvalue weighted by atomic mass is 10.0. The molecule has 226 valence electrons. The largest absolute Gasteiger partial charge is 0.472 e. The molecule has 1 heterocycles. The van der Waals surface area contributed by atoms with Crippen molar-refractivity contribution in [2.45, 2.75) is 155 Å². The molecule has 0 bridgehead atoms. The number of nitrogens with zero attached hydrogens (tertiary/aromatic N) is 1. The highest BCUT2D eigenvalue weighted by molar-refractivity contribution is 7.47. The molecule has 0 spiro atoms. The second-order valence-electron chi connectivity index (χ2n) is 12.0. The Balaban J connectivity index is 1.77. The van der Waals surface area contributed by atoms with E-state index in [-0.39, 0.29) is 0 Å². The molecule has 38 heavy (non-hydrogen) atoms. The first kappa shape index (κ1) is 35.8. The van der Waals surface area contributed by atoms with Gasteiger partial charge < -0.3 is 9.38 Å². The second-order valence-corrected chi connectivity index (χ2v) is 13.5. The summed E-state index contributed by atoms with van der Waals surface area (Å²) in [5.41, 5.74) is 0. The predicted molar refractivity (Wildman–Crippen MR) is 164 cm³/mol. The number of piperidine rings is 1. The van der Waals surface area contributed by atoms with Gasteiger partial charge in [-0.2, -0.15) is 0 Å². The van der Waals surface area contributed by atoms with Crippen molar-refractivity contribution in [3.63, 3.8) is 0 Å². The number of hydrogen-bond donors (Lipinski definition) is 1. The average Bonchev–Trinajstić information content (AvgIpc) is 2.89. The molecule has 1 N–H and O–H groups in total. The lowest BCUT2D eigenvalue weighted by Gasteiger charge is -2.37. The molecule has 1 atom stereocenters. The minimum absolute atomic E-state index is 0.293. The summed E-state index contributed by atoms with van der Waals surface area (Å²) in [6.45, 7) is 5.94. The molecule has 0 aliphatic carbocycles. The molecule has 1 saturated heterocycles. The quantitative estimate of drug-likeness (QED) is 0.0471. The minimum atomic E-state index is -3.90. The third-order valence-electron chi connectivity index (χ3n) is 8.19. The zero-order valence-electron chi connectivity index (χ0n) is 25.5. The van der Waals surface area contributed by atoms with E-state index in [1.807, 2.05) is 0 Å². The Kier molecular flexibility index (Phi) is 23.2. The monoisotopic (exact) mass is 558 g/mol. The minimum Gasteiger partial charge on any atom is -0.324 e. The van der Waals surface area contributed by atoms with Crippen molar-refractivity contribution in [1.82, 2.24) is 0 Å². The smallest absolute Gasteiger partial charge is 0.324 e. The summed E-state index contributed by atoms with van der Waals surface area (Å²) in [7, 11) is -1.69. The van der Waals surface area contributed by atoms with Crippen LogP contribution in [0.2, 0.25) is 0 Å². The van der Waals surface area contributed by atoms with Gasteiger partial charge in [0.15, 0.2) is 0 Å². The fraction of sp³-hybridized carbons (Fsp3) is 0.938. The van der Waals surface area contributed by atoms with Crippen LogP contribution >= 0.6 is 7.82 Å². The number of likely N-dealkylation sites (N-methyl/N-ethyl adjacent to an activating group) is 1. The van der Waals surface area contributed by atoms with Crippen LogP contribution in [0, 0.1) is 0 Å². The van der Waals surface area contributed by atoms with E-state index in [4.69, 9.17) is 9.05 Å². The summed E-state index contributed by atoms with van der Waals surface area (Å²) >= 11 is 0. The highest BCUT2D eigenvalue weighted by Crippen LogP contribution is 2.43. The van der Waals surface area contributed by atoms with Gasteiger partial charge in [0.25, 0.3) is 0 Å². The van der Waals surface area contributed by atoms with Crippen molar-refractivity contribution in [2.75, 3.05) is 39.9 Å². The number of phosphoric acid groups is 1. The van der Waals surface area contributed by atoms with Crippen molar-refractivity contribution in [3.8, 4) is 0 Å². The first-order valence-corrected chi connectivity index (χ1v) is 18.1. The second kappa shape index (κ2) is 24.6. The Bertz CT molecular complexity index is 592. The third kappa shape index (κ3) is 22.6. The van der Waals surface area contributed by atoms with E-state index < -0.39 is 7.82 Å². The lowest BCUT2D eigenvalue weighted by molar-refractivity contribution is -0.914. The summed E-state index contributed by atoms with van der Waals surface area (Å²) in [6, 6.07) is 0. The van der Waals surface area contributed by atoms with Crippen LogP contribution in [0.1, 0.15) is 155 Å². The molecule has 0 amide bonds. The summed E-state index contributed by atoms with van der Waals surface area (Å²) in [4.78, 5) is 9.90. The fourth-order valence-electron chi connectivity index (χ4n) is 5.50. The molecule has 1 aliphatic heterocycles. The van der Waals surface area contributed by atoms with Crippen LogP contribution < -0.4 is 0 Å². The van der Waals surface area contributed by atoms with Gasteiger partial charge in [0.05, 0.1) is 26.7 Å². The lowest BCUT2D eigenvalue weighted by Crippen LogP contribution is -2.49. The Hall–Kier alpha value is -0.190. The summed E-state index contributed by atoms with van der Waals surface area (Å²) < 4.78 is 23.4. The topological polar surface area (TPSA) is 55.8 Å². The highest BCUT2D eigenvalue weighted by atomic mass is 31.2. The van der Waals surface area contributed by atoms with Gasteiger partial charge in [0.2, 0.25) is 0 Å². The van der Waals surface area contributed by atoms with Gasteiger partial charge in [-0.05, 0) is 51.4 Å². The standard InChI is InChI=1S/C32H64NO4P/c1-3-4-5-6-7-8-9-10-11-12-13-14-15-16-17-18-19-20-21-22-23-27-31-36-38(34,35)37-32-30-33(2)28-25-24-26-29-33/h10-11H,3-9,12-32H2,1-2H3/p+1. The molecular weight excluding hydrogens is 493 g/mol. The maximum Gasteiger partial charge on any atom is 0.472 e. The maximum atomic E-state index is 12.1. The Morgan fingerprint density at radius 2 is 1.05 bits per heavy atom. The van der Waals surface area contributed by atoms with Crippen LogP contribution in [0.3, 0.4) is 0 Å². The summed E-state index contributed by atoms with van der Waals surface area (Å²) in [5.74, 6) is 0. The van der Waals surface area contributed by atoms with Gasteiger partial charge in [-0.25, -0.2) is 4.57 Å². The van der Waals surface area contributed by atoms with Gasteiger partial charge in [-0.15, -0.1) is 0 Å². The van der Waals surface area contributed by atoms with Crippen LogP contribution in [0.25, 0.3) is 0 Å². The van der Waals surface area contributed by atoms with E-state index in [1.54, 1.807) is 0 Å². The van der Waals surface area contributed by atoms with E-state index in [0.29, 0.717) is 13.2 Å². The SMILES string of the molecule is CCCCCCCCC=CCCCCCCCCCCCCCCOP(=O)(O)OCC[N+]1(C)CCCCC1. The molecule has 5 nitrogen and oxygen atoms in total. The molecule has 1 fully saturated rings. The van der Waals surface area contributed by atoms with Crippen LogP contribution in [0.5, 0.6) is 0 Å². The van der Waals surface area contributed by atoms with Gasteiger partial charge in [-0.3, -0.25) is 9.05 Å². The van der Waals surface area contributed by atoms with Crippen molar-refractivity contribution < 1.29 is 23.0 Å². The molecule has 1 aliphatic rings. The number of rotatable bonds is 27. The highest BCUT2D eigenvalue weighted by Gasteiger charge is 2.27. The van der Waals surface area contributed by atoms with Gasteiger partial charge in [0, 0.05) is 0 Å². The zero-order valence-corrected chi connectivity index (χ0v) is 26.4. The number of allylic oxidation sites excluding steroid dienone is 2. The Morgan fingerprint density at radius 3 is 1.55 bits per heavy atom. The summed E-state index contributed by atoms with van der Waals surface area (Å²) in [5, 5.41) is 0. The molecule has 0 aromatic carbocycles. The van der Waals surface area contributed by atoms with Gasteiger partial charge in [0.1, 0.15) is 13.2 Å². The van der Waals surface area contributed by atoms with Crippen LogP contribution in [0.4, 0.5) is 0 Å². The van der Waals surface area contributed by atoms with Crippen LogP contribution in [-0.2, 0) is 13.6 Å². The summed E-state index contributed by atoms with van der Waals surface area (Å²) in [6.07, 6.45) is 34.7. The van der Waals surface area contributed by atoms with Crippen LogP contribution in [0.15, 0.2) is 12.2 Å². The average molecular weight is 559 g/mol. The molecule has 0 aromatic heterocycles. The van der Waals surface area contributed by atoms with E-state index in [1.165, 1.54) is 135 Å². The van der Waals surface area contributed by atoms with E-state index in [9.17, 15) is 9.46 Å². The number of likely N-dealkylation sites (tertiary alicyclic amines) is 1. The van der Waals surface area contributed by atoms with E-state index in [2.05, 4.69) is 26.1 Å². The van der Waals surface area contributed by atoms with Crippen molar-refractivity contribution in [3.05, 3.63) is 12.2 Å². The molecule has 1 rings (SSSR count). The number of hydrogen-bond acceptors (Lipinski definition) is 3. The molecule has 6 heteroatoms. The van der Waals surface area contributed by atoms with E-state index in [0.717, 1.165) is 37.0 Å². The molecule has 0 aromatic rings. The van der Waals surface area contributed by atoms with Gasteiger partial charge >= 0.3 is 7.82 Å². The molecular formula is C32H65NO4P+. The predicted octanol–water partition coefficient (Wildman–Crippen LogP) is 10.1.